The number of aliphatic hydroxyl groups is 1. The minimum absolute atomic E-state index is 0.0764. The van der Waals surface area contributed by atoms with Crippen LogP contribution >= 0.6 is 11.8 Å². The Morgan fingerprint density at radius 1 is 1.16 bits per heavy atom. The van der Waals surface area contributed by atoms with E-state index in [9.17, 15) is 27.9 Å². The summed E-state index contributed by atoms with van der Waals surface area (Å²) in [5, 5.41) is 20.1. The molecule has 2 fully saturated rings. The number of carbonyl (C=O) groups is 3. The summed E-state index contributed by atoms with van der Waals surface area (Å²) in [4.78, 5) is 37.1. The van der Waals surface area contributed by atoms with E-state index in [0.29, 0.717) is 5.56 Å². The molecule has 2 aromatic carbocycles. The van der Waals surface area contributed by atoms with Gasteiger partial charge in [0.15, 0.2) is 6.79 Å². The number of nitrogens with one attached hydrogen (secondary N) is 1. The Labute approximate surface area is 217 Å². The molecule has 0 aliphatic carbocycles. The van der Waals surface area contributed by atoms with E-state index in [1.807, 2.05) is 6.07 Å². The Balaban J connectivity index is 0.000000248. The Morgan fingerprint density at radius 3 is 2.32 bits per heavy atom. The van der Waals surface area contributed by atoms with Crippen molar-refractivity contribution in [3.8, 4) is 5.75 Å². The van der Waals surface area contributed by atoms with Crippen LogP contribution in [0.1, 0.15) is 25.5 Å². The van der Waals surface area contributed by atoms with Crippen LogP contribution in [-0.2, 0) is 24.5 Å². The lowest BCUT2D eigenvalue weighted by atomic mass is 9.95. The maximum atomic E-state index is 12.3. The molecule has 0 aromatic heterocycles. The topological polar surface area (TPSA) is 197 Å². The number of carboxylic acids is 1. The lowest BCUT2D eigenvalue weighted by Gasteiger charge is -2.43. The number of nitrogens with two attached hydrogens (primary N) is 1. The van der Waals surface area contributed by atoms with Gasteiger partial charge in [0, 0.05) is 4.75 Å². The third-order valence-electron chi connectivity index (χ3n) is 5.76. The zero-order valence-electron chi connectivity index (χ0n) is 19.8. The normalized spacial score (nSPS) is 22.6. The van der Waals surface area contributed by atoms with Crippen LogP contribution in [0.15, 0.2) is 59.5 Å². The molecular weight excluding hydrogens is 526 g/mol. The molecule has 2 saturated heterocycles. The zero-order chi connectivity index (χ0) is 27.5. The van der Waals surface area contributed by atoms with Crippen molar-refractivity contribution < 1.29 is 42.3 Å². The van der Waals surface area contributed by atoms with E-state index >= 15 is 0 Å². The molecule has 0 spiro atoms. The zero-order valence-corrected chi connectivity index (χ0v) is 21.5. The Kier molecular flexibility index (Phi) is 8.49. The second kappa shape index (κ2) is 11.1. The largest absolute Gasteiger partial charge is 0.480 e. The number of nitrogens with zero attached hydrogens (tertiary/aromatic N) is 1. The van der Waals surface area contributed by atoms with Gasteiger partial charge < -0.3 is 30.9 Å². The molecule has 2 heterocycles. The first-order chi connectivity index (χ1) is 17.3. The summed E-state index contributed by atoms with van der Waals surface area (Å²) in [5.41, 5.74) is 6.59. The third-order valence-corrected chi connectivity index (χ3v) is 8.23. The highest BCUT2D eigenvalue weighted by Crippen LogP contribution is 2.50. The molecule has 0 saturated carbocycles. The van der Waals surface area contributed by atoms with Crippen LogP contribution in [0.2, 0.25) is 0 Å². The average molecular weight is 554 g/mol. The minimum Gasteiger partial charge on any atom is -0.480 e. The Bertz CT molecular complexity index is 1270. The third kappa shape index (κ3) is 6.05. The number of amides is 2. The molecule has 2 amide bonds. The molecular formula is C23H27N3O9S2. The highest BCUT2D eigenvalue weighted by atomic mass is 32.2. The number of hydrogen-bond acceptors (Lipinski definition) is 9. The highest BCUT2D eigenvalue weighted by molar-refractivity contribution is 8.01. The smallest absolute Gasteiger partial charge is 0.327 e. The van der Waals surface area contributed by atoms with Crippen LogP contribution in [0, 0.1) is 0 Å². The summed E-state index contributed by atoms with van der Waals surface area (Å²) in [6.07, 6.45) is 0. The summed E-state index contributed by atoms with van der Waals surface area (Å²) in [5.74, 6) is -1.93. The second-order valence-corrected chi connectivity index (χ2v) is 11.8. The molecule has 2 aliphatic heterocycles. The first kappa shape index (κ1) is 28.4. The van der Waals surface area contributed by atoms with Crippen LogP contribution in [0.25, 0.3) is 0 Å². The number of β-lactam (4-membered cyclic amide) rings is 1. The predicted molar refractivity (Wildman–Crippen MR) is 133 cm³/mol. The highest BCUT2D eigenvalue weighted by Gasteiger charge is 2.64. The van der Waals surface area contributed by atoms with Crippen LogP contribution in [0.5, 0.6) is 5.75 Å². The summed E-state index contributed by atoms with van der Waals surface area (Å²) in [6, 6.07) is 11.9. The van der Waals surface area contributed by atoms with Gasteiger partial charge in [0.25, 0.3) is 10.1 Å². The van der Waals surface area contributed by atoms with Gasteiger partial charge in [-0.05, 0) is 31.5 Å². The average Bonchev–Trinajstić information content (AvgIpc) is 3.10. The first-order valence-electron chi connectivity index (χ1n) is 10.9. The lowest BCUT2D eigenvalue weighted by Crippen LogP contribution is -2.71. The molecule has 1 unspecified atom stereocenters. The van der Waals surface area contributed by atoms with Gasteiger partial charge in [0.1, 0.15) is 34.1 Å². The molecule has 4 rings (SSSR count). The van der Waals surface area contributed by atoms with Gasteiger partial charge in [0.2, 0.25) is 11.8 Å². The maximum Gasteiger partial charge on any atom is 0.327 e. The van der Waals surface area contributed by atoms with Crippen molar-refractivity contribution in [1.82, 2.24) is 10.2 Å². The van der Waals surface area contributed by atoms with Crippen molar-refractivity contribution in [2.24, 2.45) is 5.73 Å². The van der Waals surface area contributed by atoms with Gasteiger partial charge in [-0.2, -0.15) is 8.42 Å². The van der Waals surface area contributed by atoms with E-state index in [2.05, 4.69) is 10.1 Å². The van der Waals surface area contributed by atoms with Crippen molar-refractivity contribution >= 4 is 39.7 Å². The van der Waals surface area contributed by atoms with Gasteiger partial charge in [-0.3, -0.25) is 14.1 Å². The van der Waals surface area contributed by atoms with Crippen molar-refractivity contribution in [3.05, 3.63) is 60.2 Å². The number of thioether (sulfide) groups is 1. The fourth-order valence-electron chi connectivity index (χ4n) is 4.05. The van der Waals surface area contributed by atoms with E-state index in [-0.39, 0.29) is 21.9 Å². The molecule has 200 valence electrons. The molecule has 14 heteroatoms. The summed E-state index contributed by atoms with van der Waals surface area (Å²) in [6.45, 7) is 2.93. The number of ether oxygens (including phenoxy) is 1. The van der Waals surface area contributed by atoms with Crippen molar-refractivity contribution in [2.75, 3.05) is 6.79 Å². The molecule has 0 radical (unpaired) electrons. The van der Waals surface area contributed by atoms with E-state index in [0.717, 1.165) is 0 Å². The van der Waals surface area contributed by atoms with Crippen molar-refractivity contribution in [1.29, 1.82) is 0 Å². The van der Waals surface area contributed by atoms with Crippen LogP contribution in [0.4, 0.5) is 0 Å². The molecule has 4 atom stereocenters. The number of rotatable bonds is 7. The molecule has 2 aliphatic rings. The number of carboxylic acid groups (broad SMARTS) is 1. The monoisotopic (exact) mass is 553 g/mol. The van der Waals surface area contributed by atoms with Crippen LogP contribution in [-0.4, -0.2) is 74.9 Å². The van der Waals surface area contributed by atoms with Crippen LogP contribution < -0.4 is 15.8 Å². The predicted octanol–water partition coefficient (Wildman–Crippen LogP) is 0.580. The maximum absolute atomic E-state index is 12.3. The van der Waals surface area contributed by atoms with Gasteiger partial charge in [0.05, 0.1) is 0 Å². The SMILES string of the molecule is CC1(C)S[C@@H]2[C@H](NC(=O)C(N)c3ccccc3)C(=O)N2[C@H]1C(=O)O.O=S(=O)(O)c1ccccc1OCO. The van der Waals surface area contributed by atoms with E-state index in [1.165, 1.54) is 40.9 Å². The van der Waals surface area contributed by atoms with E-state index in [1.54, 1.807) is 38.1 Å². The van der Waals surface area contributed by atoms with Gasteiger partial charge in [-0.1, -0.05) is 42.5 Å². The van der Waals surface area contributed by atoms with Crippen molar-refractivity contribution in [3.63, 3.8) is 0 Å². The van der Waals surface area contributed by atoms with E-state index < -0.39 is 51.7 Å². The number of aliphatic hydroxyl groups excluding tert-OH is 1. The van der Waals surface area contributed by atoms with E-state index in [4.69, 9.17) is 15.4 Å². The fourth-order valence-corrected chi connectivity index (χ4v) is 6.31. The molecule has 37 heavy (non-hydrogen) atoms. The summed E-state index contributed by atoms with van der Waals surface area (Å²) in [7, 11) is -4.29. The number of benzene rings is 2. The van der Waals surface area contributed by atoms with Gasteiger partial charge >= 0.3 is 5.97 Å². The first-order valence-corrected chi connectivity index (χ1v) is 13.3. The van der Waals surface area contributed by atoms with Gasteiger partial charge in [-0.15, -0.1) is 11.8 Å². The quantitative estimate of drug-likeness (QED) is 0.183. The summed E-state index contributed by atoms with van der Waals surface area (Å²) >= 11 is 1.38. The number of carbonyl (C=O) groups excluding carboxylic acids is 2. The molecule has 0 bridgehead atoms. The minimum atomic E-state index is -4.29. The second-order valence-electron chi connectivity index (χ2n) is 8.67. The Morgan fingerprint density at radius 2 is 1.76 bits per heavy atom. The summed E-state index contributed by atoms with van der Waals surface area (Å²) < 4.78 is 34.1. The fraction of sp³-hybridized carbons (Fsp3) is 0.348. The number of aliphatic carboxylic acids is 1. The van der Waals surface area contributed by atoms with Crippen LogP contribution in [0.3, 0.4) is 0 Å². The number of hydrogen-bond donors (Lipinski definition) is 5. The lowest BCUT2D eigenvalue weighted by molar-refractivity contribution is -0.161. The standard InChI is InChI=1S/C16H19N3O4S.C7H8O5S/c1-16(2)11(15(22)23)19-13(21)10(14(19)24-16)18-12(20)9(17)8-6-4-3-5-7-8;8-5-12-6-3-1-2-4-7(6)13(9,10)11/h3-7,9-11,14H,17H2,1-2H3,(H,18,20)(H,22,23);1-4,8H,5H2,(H,9,10,11)/t9?,10-,11+,14-;/m1./s1. The Hall–Kier alpha value is -3.17. The number of para-hydroxylation sites is 1. The molecule has 6 N–H and O–H groups in total. The number of fused-ring (bicyclic) bond motifs is 1. The van der Waals surface area contributed by atoms with Gasteiger partial charge in [-0.25, -0.2) is 4.79 Å². The molecule has 12 nitrogen and oxygen atoms in total. The molecule has 2 aromatic rings. The van der Waals surface area contributed by atoms with Crippen molar-refractivity contribution in [2.45, 2.75) is 47.0 Å².